The van der Waals surface area contributed by atoms with Crippen LogP contribution in [0.5, 0.6) is 0 Å². The predicted octanol–water partition coefficient (Wildman–Crippen LogP) is 0.00572. The third kappa shape index (κ3) is 2.72. The van der Waals surface area contributed by atoms with E-state index >= 15 is 0 Å². The van der Waals surface area contributed by atoms with E-state index in [4.69, 9.17) is 15.4 Å². The minimum atomic E-state index is -0.409. The summed E-state index contributed by atoms with van der Waals surface area (Å²) in [4.78, 5) is 13.6. The summed E-state index contributed by atoms with van der Waals surface area (Å²) in [6, 6.07) is 1.86. The molecule has 0 spiro atoms. The molecule has 2 heterocycles. The number of likely N-dealkylation sites (tertiary alicyclic amines) is 1. The SMILES string of the molecule is Cc1cc(CN2CCC(CO)C2)oc1C(=O)NN. The smallest absolute Gasteiger partial charge is 0.301 e. The van der Waals surface area contributed by atoms with Crippen LogP contribution in [0.15, 0.2) is 10.5 Å². The van der Waals surface area contributed by atoms with Gasteiger partial charge < -0.3 is 9.52 Å². The second-order valence-corrected chi connectivity index (χ2v) is 4.77. The Hall–Kier alpha value is -1.37. The number of nitrogens with one attached hydrogen (secondary N) is 1. The molecule has 0 bridgehead atoms. The van der Waals surface area contributed by atoms with Gasteiger partial charge in [-0.15, -0.1) is 0 Å². The summed E-state index contributed by atoms with van der Waals surface area (Å²) in [5.74, 6) is 6.05. The first-order valence-electron chi connectivity index (χ1n) is 6.07. The largest absolute Gasteiger partial charge is 0.454 e. The number of hydrogen-bond donors (Lipinski definition) is 3. The first-order chi connectivity index (χ1) is 8.63. The number of aryl methyl sites for hydroxylation is 1. The van der Waals surface area contributed by atoms with E-state index in [1.807, 2.05) is 13.0 Å². The Bertz CT molecular complexity index is 430. The van der Waals surface area contributed by atoms with Gasteiger partial charge in [0.15, 0.2) is 5.76 Å². The highest BCUT2D eigenvalue weighted by molar-refractivity contribution is 5.92. The normalized spacial score (nSPS) is 20.3. The third-order valence-electron chi connectivity index (χ3n) is 3.31. The highest BCUT2D eigenvalue weighted by Gasteiger charge is 2.23. The summed E-state index contributed by atoms with van der Waals surface area (Å²) in [6.45, 7) is 4.53. The summed E-state index contributed by atoms with van der Waals surface area (Å²) < 4.78 is 5.50. The van der Waals surface area contributed by atoms with Crippen molar-refractivity contribution in [3.63, 3.8) is 0 Å². The van der Waals surface area contributed by atoms with E-state index in [2.05, 4.69) is 10.3 Å². The van der Waals surface area contributed by atoms with Crippen LogP contribution in [-0.2, 0) is 6.54 Å². The fourth-order valence-electron chi connectivity index (χ4n) is 2.34. The molecule has 1 unspecified atom stereocenters. The number of nitrogens with zero attached hydrogens (tertiary/aromatic N) is 1. The van der Waals surface area contributed by atoms with Gasteiger partial charge in [-0.3, -0.25) is 15.1 Å². The first kappa shape index (κ1) is 13.1. The highest BCUT2D eigenvalue weighted by atomic mass is 16.4. The molecule has 18 heavy (non-hydrogen) atoms. The molecule has 4 N–H and O–H groups in total. The van der Waals surface area contributed by atoms with E-state index < -0.39 is 5.91 Å². The van der Waals surface area contributed by atoms with Gasteiger partial charge in [0.25, 0.3) is 0 Å². The Labute approximate surface area is 106 Å². The van der Waals surface area contributed by atoms with Crippen LogP contribution < -0.4 is 11.3 Å². The van der Waals surface area contributed by atoms with Crippen LogP contribution in [0.4, 0.5) is 0 Å². The maximum absolute atomic E-state index is 11.4. The molecule has 0 aromatic carbocycles. The number of carbonyl (C=O) groups is 1. The number of nitrogens with two attached hydrogens (primary N) is 1. The molecular weight excluding hydrogens is 234 g/mol. The van der Waals surface area contributed by atoms with Crippen molar-refractivity contribution in [2.24, 2.45) is 11.8 Å². The van der Waals surface area contributed by atoms with Gasteiger partial charge in [-0.2, -0.15) is 0 Å². The van der Waals surface area contributed by atoms with Crippen LogP contribution in [0, 0.1) is 12.8 Å². The Morgan fingerprint density at radius 3 is 3.11 bits per heavy atom. The lowest BCUT2D eigenvalue weighted by molar-refractivity contribution is 0.0921. The summed E-state index contributed by atoms with van der Waals surface area (Å²) in [5, 5.41) is 9.09. The van der Waals surface area contributed by atoms with Crippen molar-refractivity contribution >= 4 is 5.91 Å². The molecular formula is C12H19N3O3. The number of furan rings is 1. The molecule has 1 aliphatic heterocycles. The molecule has 1 aliphatic rings. The predicted molar refractivity (Wildman–Crippen MR) is 65.6 cm³/mol. The average Bonchev–Trinajstić information content (AvgIpc) is 2.95. The summed E-state index contributed by atoms with van der Waals surface area (Å²) in [6.07, 6.45) is 1.01. The topological polar surface area (TPSA) is 91.7 Å². The molecule has 6 heteroatoms. The zero-order valence-corrected chi connectivity index (χ0v) is 10.5. The molecule has 1 atom stereocenters. The van der Waals surface area contributed by atoms with E-state index in [1.54, 1.807) is 0 Å². The van der Waals surface area contributed by atoms with Crippen molar-refractivity contribution in [3.8, 4) is 0 Å². The van der Waals surface area contributed by atoms with Gasteiger partial charge in [-0.1, -0.05) is 0 Å². The second-order valence-electron chi connectivity index (χ2n) is 4.77. The van der Waals surface area contributed by atoms with Crippen molar-refractivity contribution in [2.45, 2.75) is 19.9 Å². The van der Waals surface area contributed by atoms with Crippen LogP contribution in [0.2, 0.25) is 0 Å². The maximum atomic E-state index is 11.4. The minimum absolute atomic E-state index is 0.231. The molecule has 0 saturated carbocycles. The number of hydrogen-bond acceptors (Lipinski definition) is 5. The van der Waals surface area contributed by atoms with Gasteiger partial charge in [0, 0.05) is 18.7 Å². The van der Waals surface area contributed by atoms with Crippen molar-refractivity contribution in [1.82, 2.24) is 10.3 Å². The molecule has 0 radical (unpaired) electrons. The number of amides is 1. The summed E-state index contributed by atoms with van der Waals surface area (Å²) in [5.41, 5.74) is 2.85. The van der Waals surface area contributed by atoms with Crippen molar-refractivity contribution in [3.05, 3.63) is 23.2 Å². The molecule has 100 valence electrons. The van der Waals surface area contributed by atoms with E-state index in [-0.39, 0.29) is 12.4 Å². The molecule has 6 nitrogen and oxygen atoms in total. The van der Waals surface area contributed by atoms with E-state index in [0.29, 0.717) is 12.5 Å². The molecule has 1 amide bonds. The fourth-order valence-corrected chi connectivity index (χ4v) is 2.34. The molecule has 1 aromatic heterocycles. The lowest BCUT2D eigenvalue weighted by Crippen LogP contribution is -2.30. The van der Waals surface area contributed by atoms with Gasteiger partial charge in [0.1, 0.15) is 5.76 Å². The number of nitrogen functional groups attached to an aromatic ring is 1. The Kier molecular flexibility index (Phi) is 4.00. The molecule has 1 aromatic rings. The van der Waals surface area contributed by atoms with Crippen LogP contribution in [0.3, 0.4) is 0 Å². The molecule has 1 fully saturated rings. The molecule has 0 aliphatic carbocycles. The lowest BCUT2D eigenvalue weighted by atomic mass is 10.1. The minimum Gasteiger partial charge on any atom is -0.454 e. The summed E-state index contributed by atoms with van der Waals surface area (Å²) >= 11 is 0. The van der Waals surface area contributed by atoms with E-state index in [0.717, 1.165) is 30.8 Å². The number of hydrazine groups is 1. The Balaban J connectivity index is 2.00. The van der Waals surface area contributed by atoms with Crippen molar-refractivity contribution < 1.29 is 14.3 Å². The van der Waals surface area contributed by atoms with Crippen LogP contribution in [0.1, 0.15) is 28.3 Å². The Morgan fingerprint density at radius 2 is 2.50 bits per heavy atom. The standard InChI is InChI=1S/C12H19N3O3/c1-8-4-10(18-11(8)12(17)14-13)6-15-3-2-9(5-15)7-16/h4,9,16H,2-3,5-7,13H2,1H3,(H,14,17). The lowest BCUT2D eigenvalue weighted by Gasteiger charge is -2.13. The van der Waals surface area contributed by atoms with Gasteiger partial charge >= 0.3 is 5.91 Å². The molecule has 2 rings (SSSR count). The monoisotopic (exact) mass is 253 g/mol. The molecule has 1 saturated heterocycles. The van der Waals surface area contributed by atoms with Gasteiger partial charge in [0.2, 0.25) is 0 Å². The average molecular weight is 253 g/mol. The second kappa shape index (κ2) is 5.51. The third-order valence-corrected chi connectivity index (χ3v) is 3.31. The van der Waals surface area contributed by atoms with Gasteiger partial charge in [-0.05, 0) is 31.9 Å². The number of carbonyl (C=O) groups excluding carboxylic acids is 1. The maximum Gasteiger partial charge on any atom is 0.301 e. The van der Waals surface area contributed by atoms with Crippen LogP contribution in [-0.4, -0.2) is 35.6 Å². The number of aliphatic hydroxyl groups excluding tert-OH is 1. The Morgan fingerprint density at radius 1 is 1.72 bits per heavy atom. The van der Waals surface area contributed by atoms with Gasteiger partial charge in [-0.25, -0.2) is 5.84 Å². The fraction of sp³-hybridized carbons (Fsp3) is 0.583. The zero-order chi connectivity index (χ0) is 13.1. The number of rotatable bonds is 4. The highest BCUT2D eigenvalue weighted by Crippen LogP contribution is 2.21. The van der Waals surface area contributed by atoms with Gasteiger partial charge in [0.05, 0.1) is 6.54 Å². The van der Waals surface area contributed by atoms with E-state index in [9.17, 15) is 4.79 Å². The first-order valence-corrected chi connectivity index (χ1v) is 6.07. The van der Waals surface area contributed by atoms with Crippen molar-refractivity contribution in [1.29, 1.82) is 0 Å². The van der Waals surface area contributed by atoms with E-state index in [1.165, 1.54) is 0 Å². The van der Waals surface area contributed by atoms with Crippen molar-refractivity contribution in [2.75, 3.05) is 19.7 Å². The number of aliphatic hydroxyl groups is 1. The summed E-state index contributed by atoms with van der Waals surface area (Å²) in [7, 11) is 0. The quantitative estimate of drug-likeness (QED) is 0.399. The van der Waals surface area contributed by atoms with Crippen LogP contribution >= 0.6 is 0 Å². The zero-order valence-electron chi connectivity index (χ0n) is 10.5. The van der Waals surface area contributed by atoms with Crippen LogP contribution in [0.25, 0.3) is 0 Å².